The summed E-state index contributed by atoms with van der Waals surface area (Å²) in [5.74, 6) is -0.762. The molecule has 0 saturated carbocycles. The molecule has 96 valence electrons. The van der Waals surface area contributed by atoms with Crippen molar-refractivity contribution >= 4 is 9.84 Å². The molecule has 0 radical (unpaired) electrons. The van der Waals surface area contributed by atoms with Crippen LogP contribution in [-0.4, -0.2) is 27.8 Å². The van der Waals surface area contributed by atoms with Crippen LogP contribution in [0.15, 0.2) is 17.0 Å². The molecule has 1 atom stereocenters. The number of nitrogens with two attached hydrogens (primary N) is 1. The van der Waals surface area contributed by atoms with Crippen molar-refractivity contribution < 1.29 is 17.5 Å². The van der Waals surface area contributed by atoms with E-state index in [-0.39, 0.29) is 23.8 Å². The lowest BCUT2D eigenvalue weighted by Crippen LogP contribution is -2.19. The number of rotatable bonds is 4. The van der Waals surface area contributed by atoms with Gasteiger partial charge in [0.2, 0.25) is 0 Å². The summed E-state index contributed by atoms with van der Waals surface area (Å²) in [6.07, 6.45) is 1.22. The summed E-state index contributed by atoms with van der Waals surface area (Å²) in [7, 11) is -2.38. The van der Waals surface area contributed by atoms with Gasteiger partial charge in [0.1, 0.15) is 16.5 Å². The van der Waals surface area contributed by atoms with Gasteiger partial charge in [0.25, 0.3) is 0 Å². The third kappa shape index (κ3) is 3.17. The van der Waals surface area contributed by atoms with Crippen LogP contribution in [0.25, 0.3) is 0 Å². The molecular formula is C11H16FNO3S. The molecule has 0 aliphatic rings. The quantitative estimate of drug-likeness (QED) is 0.882. The minimum Gasteiger partial charge on any atom is -0.495 e. The topological polar surface area (TPSA) is 69.4 Å². The van der Waals surface area contributed by atoms with Crippen molar-refractivity contribution in [2.45, 2.75) is 24.3 Å². The van der Waals surface area contributed by atoms with E-state index in [2.05, 4.69) is 0 Å². The van der Waals surface area contributed by atoms with Gasteiger partial charge in [-0.2, -0.15) is 0 Å². The molecule has 2 N–H and O–H groups in total. The largest absolute Gasteiger partial charge is 0.495 e. The number of benzene rings is 1. The second-order valence-electron chi connectivity index (χ2n) is 4.02. The molecule has 17 heavy (non-hydrogen) atoms. The molecule has 0 aliphatic heterocycles. The van der Waals surface area contributed by atoms with Gasteiger partial charge in [0.05, 0.1) is 7.11 Å². The lowest BCUT2D eigenvalue weighted by molar-refractivity contribution is 0.393. The molecule has 0 heterocycles. The highest BCUT2D eigenvalue weighted by molar-refractivity contribution is 7.90. The van der Waals surface area contributed by atoms with Gasteiger partial charge in [-0.1, -0.05) is 6.07 Å². The molecule has 1 rings (SSSR count). The van der Waals surface area contributed by atoms with Crippen LogP contribution in [0.5, 0.6) is 5.75 Å². The third-order valence-corrected chi connectivity index (χ3v) is 3.40. The van der Waals surface area contributed by atoms with E-state index in [1.165, 1.54) is 19.2 Å². The van der Waals surface area contributed by atoms with E-state index < -0.39 is 20.5 Å². The van der Waals surface area contributed by atoms with Gasteiger partial charge in [-0.05, 0) is 25.0 Å². The van der Waals surface area contributed by atoms with Crippen molar-refractivity contribution in [3.8, 4) is 5.75 Å². The Kier molecular flexibility index (Phi) is 4.11. The molecule has 0 spiro atoms. The zero-order valence-corrected chi connectivity index (χ0v) is 10.8. The van der Waals surface area contributed by atoms with E-state index in [9.17, 15) is 12.8 Å². The Hall–Kier alpha value is -1.14. The zero-order chi connectivity index (χ0) is 13.2. The molecule has 0 fully saturated rings. The number of hydrogen-bond acceptors (Lipinski definition) is 4. The van der Waals surface area contributed by atoms with Crippen LogP contribution in [0.2, 0.25) is 0 Å². The summed E-state index contributed by atoms with van der Waals surface area (Å²) in [5, 5.41) is 0. The average Bonchev–Trinajstić information content (AvgIpc) is 2.18. The Balaban J connectivity index is 3.43. The normalized spacial score (nSPS) is 13.5. The van der Waals surface area contributed by atoms with Gasteiger partial charge >= 0.3 is 0 Å². The highest BCUT2D eigenvalue weighted by Crippen LogP contribution is 2.29. The lowest BCUT2D eigenvalue weighted by Gasteiger charge is -2.12. The van der Waals surface area contributed by atoms with Crippen molar-refractivity contribution in [2.75, 3.05) is 13.4 Å². The van der Waals surface area contributed by atoms with Gasteiger partial charge in [-0.25, -0.2) is 12.8 Å². The van der Waals surface area contributed by atoms with E-state index in [1.54, 1.807) is 6.92 Å². The Morgan fingerprint density at radius 1 is 1.47 bits per heavy atom. The summed E-state index contributed by atoms with van der Waals surface area (Å²) in [4.78, 5) is -0.404. The molecule has 6 heteroatoms. The summed E-state index contributed by atoms with van der Waals surface area (Å²) in [5.41, 5.74) is 5.85. The molecule has 1 aromatic carbocycles. The van der Waals surface area contributed by atoms with Crippen molar-refractivity contribution in [3.05, 3.63) is 23.5 Å². The summed E-state index contributed by atoms with van der Waals surface area (Å²) >= 11 is 0. The maximum atomic E-state index is 14.1. The van der Waals surface area contributed by atoms with Crippen LogP contribution < -0.4 is 10.5 Å². The molecule has 0 aromatic heterocycles. The van der Waals surface area contributed by atoms with Gasteiger partial charge in [-0.15, -0.1) is 0 Å². The predicted molar refractivity (Wildman–Crippen MR) is 63.4 cm³/mol. The van der Waals surface area contributed by atoms with Crippen molar-refractivity contribution in [3.63, 3.8) is 0 Å². The molecule has 0 amide bonds. The summed E-state index contributed by atoms with van der Waals surface area (Å²) in [6.45, 7) is 1.73. The van der Waals surface area contributed by atoms with E-state index in [1.807, 2.05) is 0 Å². The monoisotopic (exact) mass is 261 g/mol. The van der Waals surface area contributed by atoms with Crippen LogP contribution in [0.3, 0.4) is 0 Å². The fraction of sp³-hybridized carbons (Fsp3) is 0.455. The second kappa shape index (κ2) is 5.01. The number of ether oxygens (including phenoxy) is 1. The second-order valence-corrected chi connectivity index (χ2v) is 5.98. The van der Waals surface area contributed by atoms with E-state index in [0.717, 1.165) is 6.26 Å². The van der Waals surface area contributed by atoms with Crippen molar-refractivity contribution in [2.24, 2.45) is 5.73 Å². The summed E-state index contributed by atoms with van der Waals surface area (Å²) in [6, 6.07) is 2.69. The highest BCUT2D eigenvalue weighted by atomic mass is 32.2. The van der Waals surface area contributed by atoms with Crippen LogP contribution >= 0.6 is 0 Å². The Labute approximate surface area is 101 Å². The number of hydrogen-bond donors (Lipinski definition) is 1. The third-order valence-electron chi connectivity index (χ3n) is 2.27. The molecule has 1 aromatic rings. The molecule has 1 unspecified atom stereocenters. The fourth-order valence-electron chi connectivity index (χ4n) is 1.59. The zero-order valence-electron chi connectivity index (χ0n) is 10.0. The lowest BCUT2D eigenvalue weighted by atomic mass is 10.1. The molecule has 0 saturated heterocycles. The minimum atomic E-state index is -3.68. The van der Waals surface area contributed by atoms with Gasteiger partial charge in [0, 0.05) is 12.3 Å². The van der Waals surface area contributed by atoms with E-state index >= 15 is 0 Å². The molecule has 0 bridgehead atoms. The molecule has 4 nitrogen and oxygen atoms in total. The molecular weight excluding hydrogens is 245 g/mol. The molecule has 0 aliphatic carbocycles. The van der Waals surface area contributed by atoms with Gasteiger partial charge in [-0.3, -0.25) is 0 Å². The Morgan fingerprint density at radius 3 is 2.47 bits per heavy atom. The Bertz CT molecular complexity index is 512. The first kappa shape index (κ1) is 13.9. The number of methoxy groups -OCH3 is 1. The van der Waals surface area contributed by atoms with Crippen LogP contribution in [0.1, 0.15) is 12.5 Å². The van der Waals surface area contributed by atoms with Gasteiger partial charge < -0.3 is 10.5 Å². The van der Waals surface area contributed by atoms with Crippen molar-refractivity contribution in [1.29, 1.82) is 0 Å². The first-order valence-electron chi connectivity index (χ1n) is 5.08. The first-order chi connectivity index (χ1) is 7.77. The predicted octanol–water partition coefficient (Wildman–Crippen LogP) is 1.13. The summed E-state index contributed by atoms with van der Waals surface area (Å²) < 4.78 is 42.0. The number of halogens is 1. The standard InChI is InChI=1S/C11H16FNO3S/c1-7(13)6-8-4-5-9(16-2)11(10(8)12)17(3,14)15/h4-5,7H,6,13H2,1-3H3. The maximum Gasteiger partial charge on any atom is 0.182 e. The Morgan fingerprint density at radius 2 is 2.06 bits per heavy atom. The van der Waals surface area contributed by atoms with Crippen LogP contribution in [0, 0.1) is 5.82 Å². The van der Waals surface area contributed by atoms with Crippen molar-refractivity contribution in [1.82, 2.24) is 0 Å². The van der Waals surface area contributed by atoms with Gasteiger partial charge in [0.15, 0.2) is 9.84 Å². The van der Waals surface area contributed by atoms with Crippen LogP contribution in [-0.2, 0) is 16.3 Å². The maximum absolute atomic E-state index is 14.1. The number of sulfone groups is 1. The SMILES string of the molecule is COc1ccc(CC(C)N)c(F)c1S(C)(=O)=O. The fourth-order valence-corrected chi connectivity index (χ4v) is 2.56. The minimum absolute atomic E-state index is 0.0124. The average molecular weight is 261 g/mol. The van der Waals surface area contributed by atoms with E-state index in [4.69, 9.17) is 10.5 Å². The van der Waals surface area contributed by atoms with E-state index in [0.29, 0.717) is 0 Å². The highest BCUT2D eigenvalue weighted by Gasteiger charge is 2.22. The smallest absolute Gasteiger partial charge is 0.182 e. The van der Waals surface area contributed by atoms with Crippen LogP contribution in [0.4, 0.5) is 4.39 Å². The first-order valence-corrected chi connectivity index (χ1v) is 6.97.